The molecule has 0 radical (unpaired) electrons. The second kappa shape index (κ2) is 9.59. The zero-order valence-electron chi connectivity index (χ0n) is 18.3. The molecule has 3 rings (SSSR count). The minimum absolute atomic E-state index is 0.0988. The van der Waals surface area contributed by atoms with Crippen LogP contribution >= 0.6 is 0 Å². The average molecular weight is 403 g/mol. The maximum atomic E-state index is 13.1. The van der Waals surface area contributed by atoms with Crippen LogP contribution in [-0.2, 0) is 11.3 Å². The van der Waals surface area contributed by atoms with Crippen molar-refractivity contribution in [2.24, 2.45) is 11.8 Å². The summed E-state index contributed by atoms with van der Waals surface area (Å²) in [4.78, 5) is 15.5. The van der Waals surface area contributed by atoms with E-state index in [4.69, 9.17) is 14.6 Å². The Labute approximate surface area is 173 Å². The Morgan fingerprint density at radius 2 is 1.86 bits per heavy atom. The summed E-state index contributed by atoms with van der Waals surface area (Å²) < 4.78 is 12.9. The number of ether oxygens (including phenoxy) is 2. The number of morpholine rings is 1. The van der Waals surface area contributed by atoms with Gasteiger partial charge in [0.25, 0.3) is 5.91 Å². The van der Waals surface area contributed by atoms with Crippen molar-refractivity contribution in [3.05, 3.63) is 23.9 Å². The van der Waals surface area contributed by atoms with Gasteiger partial charge in [0.05, 0.1) is 26.9 Å². The molecule has 1 N–H and O–H groups in total. The normalized spacial score (nSPS) is 15.6. The van der Waals surface area contributed by atoms with Crippen molar-refractivity contribution in [2.75, 3.05) is 40.0 Å². The molecule has 1 amide bonds. The molecular formula is C22H34N4O3. The highest BCUT2D eigenvalue weighted by Gasteiger charge is 2.25. The van der Waals surface area contributed by atoms with Crippen molar-refractivity contribution in [3.8, 4) is 5.75 Å². The lowest BCUT2D eigenvalue weighted by Crippen LogP contribution is -2.42. The van der Waals surface area contributed by atoms with Crippen LogP contribution in [0.3, 0.4) is 0 Å². The summed E-state index contributed by atoms with van der Waals surface area (Å²) in [6.07, 6.45) is 0. The lowest BCUT2D eigenvalue weighted by molar-refractivity contribution is 0.0361. The minimum Gasteiger partial charge on any atom is -0.494 e. The first-order chi connectivity index (χ1) is 13.9. The first-order valence-electron chi connectivity index (χ1n) is 10.6. The van der Waals surface area contributed by atoms with E-state index in [0.717, 1.165) is 49.5 Å². The number of nitrogens with zero attached hydrogens (tertiary/aromatic N) is 3. The molecule has 1 aromatic heterocycles. The quantitative estimate of drug-likeness (QED) is 0.735. The van der Waals surface area contributed by atoms with Gasteiger partial charge in [0, 0.05) is 31.1 Å². The molecule has 1 aromatic carbocycles. The van der Waals surface area contributed by atoms with Gasteiger partial charge in [-0.1, -0.05) is 39.8 Å². The number of hydrogen-bond acceptors (Lipinski definition) is 5. The van der Waals surface area contributed by atoms with Gasteiger partial charge >= 0.3 is 0 Å². The van der Waals surface area contributed by atoms with Gasteiger partial charge in [-0.05, 0) is 17.9 Å². The minimum atomic E-state index is -0.124. The fourth-order valence-corrected chi connectivity index (χ4v) is 4.08. The zero-order chi connectivity index (χ0) is 21.0. The third-order valence-electron chi connectivity index (χ3n) is 5.63. The summed E-state index contributed by atoms with van der Waals surface area (Å²) in [7, 11) is 1.65. The summed E-state index contributed by atoms with van der Waals surface area (Å²) in [6.45, 7) is 13.5. The Balaban J connectivity index is 1.90. The number of rotatable bonds is 8. The van der Waals surface area contributed by atoms with Gasteiger partial charge in [0.15, 0.2) is 5.69 Å². The van der Waals surface area contributed by atoms with Crippen LogP contribution in [-0.4, -0.2) is 66.6 Å². The number of carbonyl (C=O) groups is 1. The van der Waals surface area contributed by atoms with Crippen molar-refractivity contribution < 1.29 is 14.3 Å². The molecule has 0 bridgehead atoms. The molecule has 29 heavy (non-hydrogen) atoms. The Bertz CT molecular complexity index is 817. The molecule has 1 saturated heterocycles. The number of aromatic nitrogens is 2. The fraction of sp³-hybridized carbons (Fsp3) is 0.636. The van der Waals surface area contributed by atoms with Crippen molar-refractivity contribution >= 4 is 16.8 Å². The number of amides is 1. The van der Waals surface area contributed by atoms with E-state index in [1.807, 2.05) is 22.9 Å². The first kappa shape index (κ1) is 21.6. The van der Waals surface area contributed by atoms with Crippen molar-refractivity contribution in [1.29, 1.82) is 0 Å². The van der Waals surface area contributed by atoms with Crippen molar-refractivity contribution in [3.63, 3.8) is 0 Å². The number of para-hydroxylation sites is 1. The van der Waals surface area contributed by atoms with Gasteiger partial charge in [-0.3, -0.25) is 14.4 Å². The molecule has 1 fully saturated rings. The first-order valence-corrected chi connectivity index (χ1v) is 10.6. The van der Waals surface area contributed by atoms with Crippen molar-refractivity contribution in [1.82, 2.24) is 20.0 Å². The molecule has 1 aliphatic heterocycles. The van der Waals surface area contributed by atoms with Crippen LogP contribution in [0.2, 0.25) is 0 Å². The smallest absolute Gasteiger partial charge is 0.272 e. The lowest BCUT2D eigenvalue weighted by atomic mass is 9.93. The predicted molar refractivity (Wildman–Crippen MR) is 114 cm³/mol. The lowest BCUT2D eigenvalue weighted by Gasteiger charge is -2.26. The molecule has 7 nitrogen and oxygen atoms in total. The van der Waals surface area contributed by atoms with Crippen LogP contribution < -0.4 is 10.1 Å². The second-order valence-electron chi connectivity index (χ2n) is 8.37. The van der Waals surface area contributed by atoms with E-state index in [9.17, 15) is 4.79 Å². The highest BCUT2D eigenvalue weighted by Crippen LogP contribution is 2.28. The average Bonchev–Trinajstić information content (AvgIpc) is 3.09. The summed E-state index contributed by atoms with van der Waals surface area (Å²) in [5.41, 5.74) is 1.34. The number of hydrogen-bond donors (Lipinski definition) is 1. The van der Waals surface area contributed by atoms with Gasteiger partial charge in [0.2, 0.25) is 0 Å². The number of carbonyl (C=O) groups excluding carboxylic acids is 1. The van der Waals surface area contributed by atoms with E-state index >= 15 is 0 Å². The molecular weight excluding hydrogens is 368 g/mol. The van der Waals surface area contributed by atoms with Crippen LogP contribution in [0.4, 0.5) is 0 Å². The number of methoxy groups -OCH3 is 1. The summed E-state index contributed by atoms with van der Waals surface area (Å²) in [6, 6.07) is 5.88. The topological polar surface area (TPSA) is 68.6 Å². The van der Waals surface area contributed by atoms with E-state index in [0.29, 0.717) is 24.1 Å². The Morgan fingerprint density at radius 1 is 1.17 bits per heavy atom. The van der Waals surface area contributed by atoms with Gasteiger partial charge in [-0.25, -0.2) is 0 Å². The van der Waals surface area contributed by atoms with Gasteiger partial charge in [-0.2, -0.15) is 5.10 Å². The standard InChI is InChI=1S/C22H34N4O3/c1-15(2)19(16(3)4)23-22(27)20-17-7-6-8-18(28-5)21(17)26(24-20)10-9-25-11-13-29-14-12-25/h6-8,15-16,19H,9-14H2,1-5H3,(H,23,27). The van der Waals surface area contributed by atoms with Gasteiger partial charge in [-0.15, -0.1) is 0 Å². The highest BCUT2D eigenvalue weighted by atomic mass is 16.5. The maximum Gasteiger partial charge on any atom is 0.272 e. The summed E-state index contributed by atoms with van der Waals surface area (Å²) in [5, 5.41) is 8.75. The molecule has 0 saturated carbocycles. The van der Waals surface area contributed by atoms with Crippen LogP contribution in [0.5, 0.6) is 5.75 Å². The van der Waals surface area contributed by atoms with Crippen molar-refractivity contribution in [2.45, 2.75) is 40.3 Å². The molecule has 7 heteroatoms. The molecule has 160 valence electrons. The molecule has 1 aliphatic rings. The van der Waals surface area contributed by atoms with Gasteiger partial charge < -0.3 is 14.8 Å². The number of fused-ring (bicyclic) bond motifs is 1. The second-order valence-corrected chi connectivity index (χ2v) is 8.37. The molecule has 0 atom stereocenters. The van der Waals surface area contributed by atoms with E-state index < -0.39 is 0 Å². The van der Waals surface area contributed by atoms with E-state index in [1.165, 1.54) is 0 Å². The highest BCUT2D eigenvalue weighted by molar-refractivity contribution is 6.06. The Morgan fingerprint density at radius 3 is 2.48 bits per heavy atom. The SMILES string of the molecule is COc1cccc2c(C(=O)NC(C(C)C)C(C)C)nn(CCN3CCOCC3)c12. The molecule has 0 unspecified atom stereocenters. The third kappa shape index (κ3) is 4.90. The van der Waals surface area contributed by atoms with E-state index in [1.54, 1.807) is 7.11 Å². The molecule has 2 aromatic rings. The summed E-state index contributed by atoms with van der Waals surface area (Å²) >= 11 is 0. The Kier molecular flexibility index (Phi) is 7.14. The maximum absolute atomic E-state index is 13.1. The van der Waals surface area contributed by atoms with Gasteiger partial charge in [0.1, 0.15) is 11.3 Å². The summed E-state index contributed by atoms with van der Waals surface area (Å²) in [5.74, 6) is 1.31. The largest absolute Gasteiger partial charge is 0.494 e. The third-order valence-corrected chi connectivity index (χ3v) is 5.63. The van der Waals surface area contributed by atoms with Crippen LogP contribution in [0, 0.1) is 11.8 Å². The molecule has 2 heterocycles. The Hall–Kier alpha value is -2.12. The van der Waals surface area contributed by atoms with E-state index in [2.05, 4.69) is 37.9 Å². The van der Waals surface area contributed by atoms with Crippen LogP contribution in [0.25, 0.3) is 10.9 Å². The zero-order valence-corrected chi connectivity index (χ0v) is 18.3. The van der Waals surface area contributed by atoms with Crippen LogP contribution in [0.15, 0.2) is 18.2 Å². The monoisotopic (exact) mass is 402 g/mol. The number of benzene rings is 1. The number of nitrogens with one attached hydrogen (secondary N) is 1. The predicted octanol–water partition coefficient (Wildman–Crippen LogP) is 2.79. The fourth-order valence-electron chi connectivity index (χ4n) is 4.08. The molecule has 0 spiro atoms. The molecule has 0 aliphatic carbocycles. The van der Waals surface area contributed by atoms with E-state index in [-0.39, 0.29) is 11.9 Å². The van der Waals surface area contributed by atoms with Crippen LogP contribution in [0.1, 0.15) is 38.2 Å².